The van der Waals surface area contributed by atoms with Crippen LogP contribution in [-0.4, -0.2) is 36.7 Å². The Hall–Kier alpha value is -1.32. The third-order valence-electron chi connectivity index (χ3n) is 2.30. The van der Waals surface area contributed by atoms with Crippen LogP contribution >= 0.6 is 0 Å². The summed E-state index contributed by atoms with van der Waals surface area (Å²) >= 11 is 0. The lowest BCUT2D eigenvalue weighted by Crippen LogP contribution is -2.35. The van der Waals surface area contributed by atoms with E-state index in [4.69, 9.17) is 0 Å². The van der Waals surface area contributed by atoms with E-state index >= 15 is 0 Å². The lowest BCUT2D eigenvalue weighted by Gasteiger charge is -2.20. The summed E-state index contributed by atoms with van der Waals surface area (Å²) in [6.07, 6.45) is 2.18. The van der Waals surface area contributed by atoms with Gasteiger partial charge in [0, 0.05) is 27.1 Å². The molecule has 0 saturated heterocycles. The van der Waals surface area contributed by atoms with Crippen molar-refractivity contribution in [3.8, 4) is 0 Å². The number of nitrogens with zero attached hydrogens (tertiary/aromatic N) is 1. The number of likely N-dealkylation sites (N-methyl/N-ethyl adjacent to an activating group) is 1. The van der Waals surface area contributed by atoms with Gasteiger partial charge in [-0.15, -0.1) is 0 Å². The Bertz CT molecular complexity index is 265. The number of amides is 1. The zero-order valence-corrected chi connectivity index (χ0v) is 9.96. The molecule has 1 N–H and O–H groups in total. The molecule has 0 rings (SSSR count). The van der Waals surface area contributed by atoms with E-state index in [2.05, 4.69) is 5.32 Å². The van der Waals surface area contributed by atoms with Crippen molar-refractivity contribution >= 4 is 11.7 Å². The number of carbonyl (C=O) groups excluding carboxylic acids is 2. The number of allylic oxidation sites excluding steroid dienone is 1. The quantitative estimate of drug-likeness (QED) is 0.675. The van der Waals surface area contributed by atoms with Gasteiger partial charge < -0.3 is 10.2 Å². The van der Waals surface area contributed by atoms with E-state index < -0.39 is 5.91 Å². The second-order valence-corrected chi connectivity index (χ2v) is 3.25. The van der Waals surface area contributed by atoms with Crippen LogP contribution in [0.15, 0.2) is 11.8 Å². The molecule has 4 nitrogen and oxygen atoms in total. The van der Waals surface area contributed by atoms with E-state index in [-0.39, 0.29) is 13.6 Å². The molecular formula is C11H22N2O2. The highest BCUT2D eigenvalue weighted by Gasteiger charge is 2.11. The first-order chi connectivity index (χ1) is 7.06. The molecule has 0 aromatic heterocycles. The van der Waals surface area contributed by atoms with Crippen molar-refractivity contribution in [2.45, 2.75) is 27.2 Å². The molecule has 4 heteroatoms. The number of carbonyl (C=O) groups is 2. The molecule has 0 saturated carbocycles. The summed E-state index contributed by atoms with van der Waals surface area (Å²) in [6.45, 7) is 6.90. The SMILES string of the molecule is C/C=C(/CNC(=O)C(=O)CC)N(C)CC.[HH]. The number of Topliss-reactive ketones (excluding diaryl/α,β-unsaturated/α-hetero) is 1. The van der Waals surface area contributed by atoms with Crippen LogP contribution in [0.4, 0.5) is 0 Å². The summed E-state index contributed by atoms with van der Waals surface area (Å²) in [6, 6.07) is 0. The van der Waals surface area contributed by atoms with Gasteiger partial charge in [-0.2, -0.15) is 0 Å². The topological polar surface area (TPSA) is 49.4 Å². The predicted octanol–water partition coefficient (Wildman–Crippen LogP) is 1.18. The van der Waals surface area contributed by atoms with Gasteiger partial charge in [0.1, 0.15) is 0 Å². The Morgan fingerprint density at radius 3 is 2.40 bits per heavy atom. The highest BCUT2D eigenvalue weighted by atomic mass is 16.2. The molecule has 0 aromatic rings. The number of hydrogen-bond acceptors (Lipinski definition) is 3. The maximum absolute atomic E-state index is 11.2. The number of ketones is 1. The van der Waals surface area contributed by atoms with Gasteiger partial charge in [0.2, 0.25) is 5.78 Å². The predicted molar refractivity (Wildman–Crippen MR) is 62.5 cm³/mol. The number of hydrogen-bond donors (Lipinski definition) is 1. The molecule has 0 aliphatic rings. The van der Waals surface area contributed by atoms with E-state index in [0.717, 1.165) is 12.2 Å². The summed E-state index contributed by atoms with van der Waals surface area (Å²) in [7, 11) is 1.95. The van der Waals surface area contributed by atoms with E-state index in [1.54, 1.807) is 6.92 Å². The normalized spacial score (nSPS) is 11.1. The van der Waals surface area contributed by atoms with E-state index in [9.17, 15) is 9.59 Å². The zero-order valence-electron chi connectivity index (χ0n) is 9.96. The summed E-state index contributed by atoms with van der Waals surface area (Å²) in [5.41, 5.74) is 1.01. The van der Waals surface area contributed by atoms with Crippen molar-refractivity contribution in [1.82, 2.24) is 10.2 Å². The van der Waals surface area contributed by atoms with Crippen LogP contribution in [-0.2, 0) is 9.59 Å². The Morgan fingerprint density at radius 1 is 1.40 bits per heavy atom. The average Bonchev–Trinajstić information content (AvgIpc) is 2.27. The summed E-state index contributed by atoms with van der Waals surface area (Å²) in [5, 5.41) is 2.60. The summed E-state index contributed by atoms with van der Waals surface area (Å²) < 4.78 is 0. The third kappa shape index (κ3) is 4.63. The first-order valence-electron chi connectivity index (χ1n) is 5.24. The molecule has 0 spiro atoms. The lowest BCUT2D eigenvalue weighted by molar-refractivity contribution is -0.137. The molecule has 0 bridgehead atoms. The highest BCUT2D eigenvalue weighted by molar-refractivity contribution is 6.36. The zero-order chi connectivity index (χ0) is 11.8. The molecule has 0 radical (unpaired) electrons. The molecular weight excluding hydrogens is 192 g/mol. The molecule has 0 fully saturated rings. The monoisotopic (exact) mass is 214 g/mol. The van der Waals surface area contributed by atoms with Crippen LogP contribution in [0.1, 0.15) is 28.6 Å². The van der Waals surface area contributed by atoms with Crippen LogP contribution in [0, 0.1) is 0 Å². The minimum Gasteiger partial charge on any atom is -0.377 e. The largest absolute Gasteiger partial charge is 0.377 e. The van der Waals surface area contributed by atoms with Crippen molar-refractivity contribution in [3.05, 3.63) is 11.8 Å². The lowest BCUT2D eigenvalue weighted by atomic mass is 10.3. The Kier molecular flexibility index (Phi) is 6.42. The van der Waals surface area contributed by atoms with Gasteiger partial charge in [-0.25, -0.2) is 0 Å². The minimum atomic E-state index is -0.499. The number of rotatable bonds is 6. The fourth-order valence-corrected chi connectivity index (χ4v) is 1.09. The Morgan fingerprint density at radius 2 is 2.00 bits per heavy atom. The molecule has 0 aliphatic carbocycles. The molecule has 0 atom stereocenters. The fourth-order valence-electron chi connectivity index (χ4n) is 1.09. The van der Waals surface area contributed by atoms with Crippen LogP contribution in [0.25, 0.3) is 0 Å². The van der Waals surface area contributed by atoms with Crippen molar-refractivity contribution < 1.29 is 11.0 Å². The van der Waals surface area contributed by atoms with Gasteiger partial charge in [-0.3, -0.25) is 9.59 Å². The van der Waals surface area contributed by atoms with Crippen LogP contribution in [0.3, 0.4) is 0 Å². The molecule has 0 heterocycles. The van der Waals surface area contributed by atoms with Crippen molar-refractivity contribution in [3.63, 3.8) is 0 Å². The second-order valence-electron chi connectivity index (χ2n) is 3.25. The maximum Gasteiger partial charge on any atom is 0.287 e. The van der Waals surface area contributed by atoms with Crippen molar-refractivity contribution in [2.75, 3.05) is 20.1 Å². The van der Waals surface area contributed by atoms with Gasteiger partial charge in [-0.05, 0) is 13.8 Å². The first-order valence-corrected chi connectivity index (χ1v) is 5.24. The molecule has 0 aliphatic heterocycles. The second kappa shape index (κ2) is 7.04. The molecule has 0 aromatic carbocycles. The van der Waals surface area contributed by atoms with Crippen molar-refractivity contribution in [1.29, 1.82) is 0 Å². The van der Waals surface area contributed by atoms with Gasteiger partial charge in [0.25, 0.3) is 5.91 Å². The average molecular weight is 214 g/mol. The summed E-state index contributed by atoms with van der Waals surface area (Å²) in [4.78, 5) is 24.2. The highest BCUT2D eigenvalue weighted by Crippen LogP contribution is 1.98. The first kappa shape index (κ1) is 13.7. The molecule has 1 amide bonds. The maximum atomic E-state index is 11.2. The number of nitrogens with one attached hydrogen (secondary N) is 1. The van der Waals surface area contributed by atoms with E-state index in [1.807, 2.05) is 31.9 Å². The van der Waals surface area contributed by atoms with Gasteiger partial charge in [-0.1, -0.05) is 13.0 Å². The van der Waals surface area contributed by atoms with Crippen LogP contribution in [0.5, 0.6) is 0 Å². The van der Waals surface area contributed by atoms with Crippen molar-refractivity contribution in [2.24, 2.45) is 0 Å². The van der Waals surface area contributed by atoms with Crippen LogP contribution < -0.4 is 5.32 Å². The Labute approximate surface area is 92.8 Å². The minimum absolute atomic E-state index is 0. The molecule has 88 valence electrons. The van der Waals surface area contributed by atoms with Gasteiger partial charge in [0.05, 0.1) is 6.54 Å². The molecule has 15 heavy (non-hydrogen) atoms. The van der Waals surface area contributed by atoms with Gasteiger partial charge >= 0.3 is 0 Å². The standard InChI is InChI=1S/C11H20N2O2.H2/c1-5-9(13(4)7-3)8-12-11(15)10(14)6-2;/h5H,6-8H2,1-4H3,(H,12,15);1H/b9-5-;. The van der Waals surface area contributed by atoms with E-state index in [0.29, 0.717) is 6.54 Å². The van der Waals surface area contributed by atoms with Gasteiger partial charge in [0.15, 0.2) is 0 Å². The fraction of sp³-hybridized carbons (Fsp3) is 0.636. The Balaban J connectivity index is 0. The smallest absolute Gasteiger partial charge is 0.287 e. The summed E-state index contributed by atoms with van der Waals surface area (Å²) in [5.74, 6) is -0.869. The molecule has 0 unspecified atom stereocenters. The van der Waals surface area contributed by atoms with Crippen LogP contribution in [0.2, 0.25) is 0 Å². The third-order valence-corrected chi connectivity index (χ3v) is 2.30. The van der Waals surface area contributed by atoms with E-state index in [1.165, 1.54) is 0 Å².